The molecule has 1 atom stereocenters. The summed E-state index contributed by atoms with van der Waals surface area (Å²) in [6.07, 6.45) is 0.722. The zero-order chi connectivity index (χ0) is 16.7. The molecule has 0 saturated carbocycles. The monoisotopic (exact) mass is 313 g/mol. The van der Waals surface area contributed by atoms with Crippen LogP contribution in [0.1, 0.15) is 37.3 Å². The Balaban J connectivity index is 2.16. The fraction of sp³-hybridized carbons (Fsp3) is 0.316. The van der Waals surface area contributed by atoms with Crippen LogP contribution in [-0.4, -0.2) is 17.6 Å². The maximum Gasteiger partial charge on any atom is 0.231 e. The number of hydrogen-bond acceptors (Lipinski definition) is 3. The molecule has 2 aromatic carbocycles. The Labute approximate surface area is 137 Å². The molecule has 0 aliphatic carbocycles. The summed E-state index contributed by atoms with van der Waals surface area (Å²) >= 11 is 0. The van der Waals surface area contributed by atoms with E-state index >= 15 is 0 Å². The molecule has 4 nitrogen and oxygen atoms in total. The Hall–Kier alpha value is -2.33. The number of carbonyl (C=O) groups excluding carboxylic acids is 1. The van der Waals surface area contributed by atoms with E-state index in [4.69, 9.17) is 4.74 Å². The summed E-state index contributed by atoms with van der Waals surface area (Å²) in [7, 11) is 0. The van der Waals surface area contributed by atoms with Crippen LogP contribution in [0.5, 0.6) is 5.75 Å². The Bertz CT molecular complexity index is 640. The molecule has 4 heteroatoms. The van der Waals surface area contributed by atoms with E-state index in [1.165, 1.54) is 0 Å². The largest absolute Gasteiger partial charge is 0.494 e. The maximum absolute atomic E-state index is 12.5. The molecule has 0 bridgehead atoms. The zero-order valence-electron chi connectivity index (χ0n) is 13.6. The predicted octanol–water partition coefficient (Wildman–Crippen LogP) is 3.71. The van der Waals surface area contributed by atoms with Crippen molar-refractivity contribution in [3.8, 4) is 5.75 Å². The van der Waals surface area contributed by atoms with Crippen molar-refractivity contribution in [2.75, 3.05) is 11.9 Å². The second-order valence-corrected chi connectivity index (χ2v) is 5.27. The van der Waals surface area contributed by atoms with Crippen molar-refractivity contribution in [1.82, 2.24) is 0 Å². The molecule has 0 radical (unpaired) electrons. The normalized spacial score (nSPS) is 11.8. The zero-order valence-corrected chi connectivity index (χ0v) is 13.6. The van der Waals surface area contributed by atoms with Gasteiger partial charge < -0.3 is 15.2 Å². The fourth-order valence-corrected chi connectivity index (χ4v) is 2.56. The number of rotatable bonds is 7. The van der Waals surface area contributed by atoms with E-state index in [2.05, 4.69) is 5.32 Å². The summed E-state index contributed by atoms with van der Waals surface area (Å²) in [5.41, 5.74) is 2.33. The molecule has 1 unspecified atom stereocenters. The van der Waals surface area contributed by atoms with Gasteiger partial charge in [-0.25, -0.2) is 0 Å². The summed E-state index contributed by atoms with van der Waals surface area (Å²) < 4.78 is 5.45. The van der Waals surface area contributed by atoms with Gasteiger partial charge in [0, 0.05) is 11.3 Å². The first kappa shape index (κ1) is 17.0. The lowest BCUT2D eigenvalue weighted by Crippen LogP contribution is -2.20. The molecule has 0 saturated heterocycles. The van der Waals surface area contributed by atoms with Crippen molar-refractivity contribution in [1.29, 1.82) is 0 Å². The topological polar surface area (TPSA) is 58.6 Å². The molecule has 2 N–H and O–H groups in total. The van der Waals surface area contributed by atoms with Gasteiger partial charge in [0.1, 0.15) is 5.75 Å². The average Bonchev–Trinajstić information content (AvgIpc) is 2.58. The van der Waals surface area contributed by atoms with Gasteiger partial charge in [-0.3, -0.25) is 4.79 Å². The third kappa shape index (κ3) is 4.33. The van der Waals surface area contributed by atoms with E-state index < -0.39 is 0 Å². The van der Waals surface area contributed by atoms with E-state index in [-0.39, 0.29) is 18.4 Å². The first-order valence-corrected chi connectivity index (χ1v) is 7.92. The minimum absolute atomic E-state index is 0.0493. The number of amides is 1. The Morgan fingerprint density at radius 3 is 2.52 bits per heavy atom. The van der Waals surface area contributed by atoms with Gasteiger partial charge in [0.15, 0.2) is 0 Å². The average molecular weight is 313 g/mol. The van der Waals surface area contributed by atoms with Crippen LogP contribution in [0.4, 0.5) is 5.69 Å². The molecule has 0 spiro atoms. The van der Waals surface area contributed by atoms with Gasteiger partial charge in [0.05, 0.1) is 19.1 Å². The molecule has 0 fully saturated rings. The van der Waals surface area contributed by atoms with Gasteiger partial charge in [0.25, 0.3) is 0 Å². The maximum atomic E-state index is 12.5. The summed E-state index contributed by atoms with van der Waals surface area (Å²) in [6.45, 7) is 4.29. The highest BCUT2D eigenvalue weighted by Gasteiger charge is 2.18. The third-order valence-corrected chi connectivity index (χ3v) is 3.72. The lowest BCUT2D eigenvalue weighted by Gasteiger charge is -2.16. The minimum atomic E-state index is -0.194. The van der Waals surface area contributed by atoms with Gasteiger partial charge in [-0.1, -0.05) is 37.3 Å². The predicted molar refractivity (Wildman–Crippen MR) is 91.6 cm³/mol. The van der Waals surface area contributed by atoms with Crippen LogP contribution in [-0.2, 0) is 11.4 Å². The lowest BCUT2D eigenvalue weighted by molar-refractivity contribution is -0.117. The Morgan fingerprint density at radius 2 is 1.91 bits per heavy atom. The molecule has 23 heavy (non-hydrogen) atoms. The van der Waals surface area contributed by atoms with Crippen LogP contribution in [0, 0.1) is 0 Å². The number of anilines is 1. The number of aliphatic hydroxyl groups is 1. The number of benzene rings is 2. The molecule has 1 amide bonds. The highest BCUT2D eigenvalue weighted by atomic mass is 16.5. The number of hydrogen-bond donors (Lipinski definition) is 2. The summed E-state index contributed by atoms with van der Waals surface area (Å²) in [5, 5.41) is 12.4. The molecule has 2 rings (SSSR count). The van der Waals surface area contributed by atoms with E-state index in [9.17, 15) is 9.90 Å². The van der Waals surface area contributed by atoms with Gasteiger partial charge in [-0.2, -0.15) is 0 Å². The molecule has 0 heterocycles. The van der Waals surface area contributed by atoms with E-state index in [1.54, 1.807) is 18.2 Å². The summed E-state index contributed by atoms with van der Waals surface area (Å²) in [4.78, 5) is 12.5. The molecule has 0 aromatic heterocycles. The first-order valence-electron chi connectivity index (χ1n) is 7.92. The molecular formula is C19H23NO3. The van der Waals surface area contributed by atoms with Gasteiger partial charge in [-0.05, 0) is 37.1 Å². The van der Waals surface area contributed by atoms with Gasteiger partial charge >= 0.3 is 0 Å². The number of nitrogens with one attached hydrogen (secondary N) is 1. The van der Waals surface area contributed by atoms with Crippen LogP contribution in [0.25, 0.3) is 0 Å². The summed E-state index contributed by atoms with van der Waals surface area (Å²) in [6, 6.07) is 15.1. The second-order valence-electron chi connectivity index (χ2n) is 5.27. The highest BCUT2D eigenvalue weighted by molar-refractivity contribution is 5.96. The van der Waals surface area contributed by atoms with E-state index in [0.29, 0.717) is 23.6 Å². The van der Waals surface area contributed by atoms with E-state index in [1.807, 2.05) is 44.2 Å². The standard InChI is InChI=1S/C19H23NO3/c1-3-17(14-8-6-5-7-9-14)19(22)20-16-10-11-18(23-4-2)15(12-16)13-21/h5-12,17,21H,3-4,13H2,1-2H3,(H,20,22). The molecule has 2 aromatic rings. The van der Waals surface area contributed by atoms with Crippen LogP contribution in [0.3, 0.4) is 0 Å². The SMILES string of the molecule is CCOc1ccc(NC(=O)C(CC)c2ccccc2)cc1CO. The third-order valence-electron chi connectivity index (χ3n) is 3.72. The van der Waals surface area contributed by atoms with Crippen LogP contribution in [0.2, 0.25) is 0 Å². The van der Waals surface area contributed by atoms with Crippen molar-refractivity contribution in [3.63, 3.8) is 0 Å². The quantitative estimate of drug-likeness (QED) is 0.819. The van der Waals surface area contributed by atoms with E-state index in [0.717, 1.165) is 12.0 Å². The smallest absolute Gasteiger partial charge is 0.231 e. The number of ether oxygens (including phenoxy) is 1. The Morgan fingerprint density at radius 1 is 1.17 bits per heavy atom. The lowest BCUT2D eigenvalue weighted by atomic mass is 9.95. The van der Waals surface area contributed by atoms with Crippen LogP contribution in [0.15, 0.2) is 48.5 Å². The molecule has 0 aliphatic heterocycles. The van der Waals surface area contributed by atoms with Crippen molar-refractivity contribution in [3.05, 3.63) is 59.7 Å². The van der Waals surface area contributed by atoms with Gasteiger partial charge in [0.2, 0.25) is 5.91 Å². The minimum Gasteiger partial charge on any atom is -0.494 e. The molecule has 0 aliphatic rings. The van der Waals surface area contributed by atoms with Crippen molar-refractivity contribution >= 4 is 11.6 Å². The highest BCUT2D eigenvalue weighted by Crippen LogP contribution is 2.25. The van der Waals surface area contributed by atoms with Gasteiger partial charge in [-0.15, -0.1) is 0 Å². The van der Waals surface area contributed by atoms with Crippen molar-refractivity contribution < 1.29 is 14.6 Å². The fourth-order valence-electron chi connectivity index (χ4n) is 2.56. The van der Waals surface area contributed by atoms with Crippen molar-refractivity contribution in [2.24, 2.45) is 0 Å². The number of aliphatic hydroxyl groups excluding tert-OH is 1. The first-order chi connectivity index (χ1) is 11.2. The summed E-state index contributed by atoms with van der Waals surface area (Å²) in [5.74, 6) is 0.398. The number of carbonyl (C=O) groups is 1. The van der Waals surface area contributed by atoms with Crippen LogP contribution >= 0.6 is 0 Å². The van der Waals surface area contributed by atoms with Crippen LogP contribution < -0.4 is 10.1 Å². The molecular weight excluding hydrogens is 290 g/mol. The van der Waals surface area contributed by atoms with Crippen molar-refractivity contribution in [2.45, 2.75) is 32.8 Å². The molecule has 122 valence electrons. The second kappa shape index (κ2) is 8.34. The Kier molecular flexibility index (Phi) is 6.18.